The topological polar surface area (TPSA) is 33.0 Å². The van der Waals surface area contributed by atoms with Gasteiger partial charge in [0.1, 0.15) is 5.75 Å². The zero-order valence-electron chi connectivity index (χ0n) is 6.87. The van der Waals surface area contributed by atoms with Crippen LogP contribution in [0.3, 0.4) is 0 Å². The molecule has 0 saturated carbocycles. The Balaban J connectivity index is 2.39. The van der Waals surface area contributed by atoms with Crippen LogP contribution in [0, 0.1) is 11.3 Å². The lowest BCUT2D eigenvalue weighted by Crippen LogP contribution is -2.14. The highest BCUT2D eigenvalue weighted by atomic mass is 16.5. The Morgan fingerprint density at radius 2 is 2.42 bits per heavy atom. The Morgan fingerprint density at radius 1 is 1.58 bits per heavy atom. The van der Waals surface area contributed by atoms with Gasteiger partial charge in [0.25, 0.3) is 0 Å². The zero-order valence-corrected chi connectivity index (χ0v) is 6.87. The van der Waals surface area contributed by atoms with Crippen LogP contribution < -0.4 is 4.74 Å². The summed E-state index contributed by atoms with van der Waals surface area (Å²) in [6, 6.07) is 8.17. The summed E-state index contributed by atoms with van der Waals surface area (Å²) >= 11 is 0. The summed E-state index contributed by atoms with van der Waals surface area (Å²) in [5, 5.41) is 8.71. The number of hydrogen-bond donors (Lipinski definition) is 0. The van der Waals surface area contributed by atoms with Gasteiger partial charge in [-0.15, -0.1) is 0 Å². The molecule has 2 rings (SSSR count). The monoisotopic (exact) mass is 159 g/mol. The van der Waals surface area contributed by atoms with Gasteiger partial charge in [-0.3, -0.25) is 0 Å². The van der Waals surface area contributed by atoms with Gasteiger partial charge in [-0.2, -0.15) is 5.26 Å². The maximum atomic E-state index is 8.71. The summed E-state index contributed by atoms with van der Waals surface area (Å²) in [6.45, 7) is 0. The molecule has 0 N–H and O–H groups in total. The molecule has 1 atom stereocenters. The van der Waals surface area contributed by atoms with Crippen molar-refractivity contribution in [2.24, 2.45) is 0 Å². The van der Waals surface area contributed by atoms with Gasteiger partial charge in [0.05, 0.1) is 19.1 Å². The van der Waals surface area contributed by atoms with Crippen molar-refractivity contribution in [1.29, 1.82) is 5.26 Å². The van der Waals surface area contributed by atoms with Gasteiger partial charge >= 0.3 is 0 Å². The van der Waals surface area contributed by atoms with Crippen LogP contribution in [0.15, 0.2) is 18.2 Å². The third-order valence-electron chi connectivity index (χ3n) is 2.31. The molecule has 2 nitrogen and oxygen atoms in total. The molecule has 1 aliphatic rings. The maximum Gasteiger partial charge on any atom is 0.119 e. The van der Waals surface area contributed by atoms with Crippen LogP contribution in [-0.4, -0.2) is 7.11 Å². The fourth-order valence-corrected chi connectivity index (χ4v) is 1.52. The van der Waals surface area contributed by atoms with Crippen LogP contribution in [-0.2, 0) is 6.42 Å². The molecule has 12 heavy (non-hydrogen) atoms. The van der Waals surface area contributed by atoms with E-state index in [2.05, 4.69) is 6.07 Å². The first-order chi connectivity index (χ1) is 5.85. The number of nitrogens with zero attached hydrogens (tertiary/aromatic N) is 1. The van der Waals surface area contributed by atoms with E-state index in [1.165, 1.54) is 5.56 Å². The number of hydrogen-bond acceptors (Lipinski definition) is 2. The lowest BCUT2D eigenvalue weighted by Gasteiger charge is -2.24. The molecule has 0 fully saturated rings. The molecule has 2 heteroatoms. The van der Waals surface area contributed by atoms with E-state index in [9.17, 15) is 0 Å². The summed E-state index contributed by atoms with van der Waals surface area (Å²) in [4.78, 5) is 0. The van der Waals surface area contributed by atoms with E-state index in [1.807, 2.05) is 18.2 Å². The minimum atomic E-state index is 0.0927. The molecular weight excluding hydrogens is 150 g/mol. The van der Waals surface area contributed by atoms with Gasteiger partial charge in [-0.05, 0) is 29.7 Å². The smallest absolute Gasteiger partial charge is 0.119 e. The molecule has 0 heterocycles. The van der Waals surface area contributed by atoms with Crippen LogP contribution in [0.4, 0.5) is 0 Å². The fourth-order valence-electron chi connectivity index (χ4n) is 1.52. The second-order valence-corrected chi connectivity index (χ2v) is 2.95. The van der Waals surface area contributed by atoms with Gasteiger partial charge in [0, 0.05) is 0 Å². The molecule has 0 saturated heterocycles. The normalized spacial score (nSPS) is 18.8. The second kappa shape index (κ2) is 2.53. The van der Waals surface area contributed by atoms with Crippen LogP contribution >= 0.6 is 0 Å². The third kappa shape index (κ3) is 0.868. The molecular formula is C10H9NO. The van der Waals surface area contributed by atoms with Crippen molar-refractivity contribution in [3.63, 3.8) is 0 Å². The van der Waals surface area contributed by atoms with Crippen molar-refractivity contribution in [3.05, 3.63) is 29.3 Å². The lowest BCUT2D eigenvalue weighted by molar-refractivity contribution is 0.413. The first-order valence-corrected chi connectivity index (χ1v) is 3.91. The Morgan fingerprint density at radius 3 is 3.08 bits per heavy atom. The van der Waals surface area contributed by atoms with Crippen molar-refractivity contribution in [3.8, 4) is 11.8 Å². The average Bonchev–Trinajstić information content (AvgIpc) is 2.08. The predicted octanol–water partition coefficient (Wildman–Crippen LogP) is 1.86. The number of rotatable bonds is 1. The van der Waals surface area contributed by atoms with E-state index >= 15 is 0 Å². The largest absolute Gasteiger partial charge is 0.497 e. The number of benzene rings is 1. The number of ether oxygens (including phenoxy) is 1. The number of methoxy groups -OCH3 is 1. The molecule has 0 amide bonds. The minimum Gasteiger partial charge on any atom is -0.497 e. The Bertz CT molecular complexity index is 351. The van der Waals surface area contributed by atoms with E-state index in [0.717, 1.165) is 17.7 Å². The molecule has 0 spiro atoms. The summed E-state index contributed by atoms with van der Waals surface area (Å²) in [7, 11) is 1.64. The summed E-state index contributed by atoms with van der Waals surface area (Å²) in [5.41, 5.74) is 2.42. The maximum absolute atomic E-state index is 8.71. The SMILES string of the molecule is COc1ccc2c(c1)C(C#N)C2. The zero-order chi connectivity index (χ0) is 8.55. The Kier molecular flexibility index (Phi) is 1.51. The first kappa shape index (κ1) is 7.17. The molecule has 0 aromatic heterocycles. The van der Waals surface area contributed by atoms with Gasteiger partial charge in [0.15, 0.2) is 0 Å². The standard InChI is InChI=1S/C10H9NO/c1-12-9-3-2-7-4-8(6-11)10(7)5-9/h2-3,5,8H,4H2,1H3. The van der Waals surface area contributed by atoms with Crippen LogP contribution in [0.5, 0.6) is 5.75 Å². The van der Waals surface area contributed by atoms with Gasteiger partial charge < -0.3 is 4.74 Å². The summed E-state index contributed by atoms with van der Waals surface area (Å²) in [6.07, 6.45) is 0.899. The molecule has 1 aromatic rings. The van der Waals surface area contributed by atoms with Crippen molar-refractivity contribution >= 4 is 0 Å². The molecule has 60 valence electrons. The number of nitriles is 1. The first-order valence-electron chi connectivity index (χ1n) is 3.91. The van der Waals surface area contributed by atoms with Crippen LogP contribution in [0.1, 0.15) is 17.0 Å². The van der Waals surface area contributed by atoms with E-state index in [-0.39, 0.29) is 5.92 Å². The van der Waals surface area contributed by atoms with E-state index in [4.69, 9.17) is 10.00 Å². The van der Waals surface area contributed by atoms with Gasteiger partial charge in [-0.1, -0.05) is 6.07 Å². The Labute approximate surface area is 71.4 Å². The van der Waals surface area contributed by atoms with Crippen molar-refractivity contribution < 1.29 is 4.74 Å². The van der Waals surface area contributed by atoms with Crippen molar-refractivity contribution in [2.45, 2.75) is 12.3 Å². The summed E-state index contributed by atoms with van der Waals surface area (Å²) < 4.78 is 5.07. The molecule has 1 aromatic carbocycles. The molecule has 0 bridgehead atoms. The van der Waals surface area contributed by atoms with E-state index in [1.54, 1.807) is 7.11 Å². The molecule has 0 radical (unpaired) electrons. The van der Waals surface area contributed by atoms with E-state index < -0.39 is 0 Å². The Hall–Kier alpha value is -1.49. The van der Waals surface area contributed by atoms with Crippen LogP contribution in [0.25, 0.3) is 0 Å². The van der Waals surface area contributed by atoms with Gasteiger partial charge in [0.2, 0.25) is 0 Å². The molecule has 1 aliphatic carbocycles. The predicted molar refractivity (Wildman–Crippen MR) is 45.1 cm³/mol. The second-order valence-electron chi connectivity index (χ2n) is 2.95. The van der Waals surface area contributed by atoms with E-state index in [0.29, 0.717) is 0 Å². The summed E-state index contributed by atoms with van der Waals surface area (Å²) in [5.74, 6) is 0.934. The van der Waals surface area contributed by atoms with Gasteiger partial charge in [-0.25, -0.2) is 0 Å². The minimum absolute atomic E-state index is 0.0927. The van der Waals surface area contributed by atoms with Crippen LogP contribution in [0.2, 0.25) is 0 Å². The lowest BCUT2D eigenvalue weighted by atomic mass is 9.78. The average molecular weight is 159 g/mol. The van der Waals surface area contributed by atoms with Crippen molar-refractivity contribution in [2.75, 3.05) is 7.11 Å². The fraction of sp³-hybridized carbons (Fsp3) is 0.300. The molecule has 0 aliphatic heterocycles. The highest BCUT2D eigenvalue weighted by Gasteiger charge is 2.25. The highest BCUT2D eigenvalue weighted by molar-refractivity contribution is 5.47. The quantitative estimate of drug-likeness (QED) is 0.626. The highest BCUT2D eigenvalue weighted by Crippen LogP contribution is 2.36. The van der Waals surface area contributed by atoms with Crippen molar-refractivity contribution in [1.82, 2.24) is 0 Å². The number of fused-ring (bicyclic) bond motifs is 1. The third-order valence-corrected chi connectivity index (χ3v) is 2.31. The molecule has 1 unspecified atom stereocenters.